The fourth-order valence-electron chi connectivity index (χ4n) is 2.11. The zero-order valence-electron chi connectivity index (χ0n) is 12.7. The molecule has 0 bridgehead atoms. The molecule has 2 nitrogen and oxygen atoms in total. The van der Waals surface area contributed by atoms with Crippen LogP contribution in [-0.4, -0.2) is 12.6 Å². The molecule has 4 heteroatoms. The lowest BCUT2D eigenvalue weighted by Crippen LogP contribution is -2.07. The molecule has 1 aromatic rings. The smallest absolute Gasteiger partial charge is 0.306 e. The van der Waals surface area contributed by atoms with E-state index in [1.54, 1.807) is 0 Å². The molecule has 0 saturated heterocycles. The number of halogens is 2. The molecule has 118 valence electrons. The van der Waals surface area contributed by atoms with Crippen molar-refractivity contribution in [2.24, 2.45) is 0 Å². The van der Waals surface area contributed by atoms with E-state index >= 15 is 0 Å². The first-order valence-electron chi connectivity index (χ1n) is 7.73. The molecule has 0 atom stereocenters. The van der Waals surface area contributed by atoms with Gasteiger partial charge in [-0.3, -0.25) is 4.79 Å². The van der Waals surface area contributed by atoms with Crippen molar-refractivity contribution in [2.75, 3.05) is 6.61 Å². The minimum absolute atomic E-state index is 0.0796. The van der Waals surface area contributed by atoms with Crippen LogP contribution in [0.2, 0.25) is 0 Å². The number of benzene rings is 1. The average molecular weight is 298 g/mol. The van der Waals surface area contributed by atoms with Crippen molar-refractivity contribution in [1.29, 1.82) is 0 Å². The van der Waals surface area contributed by atoms with Gasteiger partial charge in [-0.1, -0.05) is 39.0 Å². The van der Waals surface area contributed by atoms with Gasteiger partial charge in [-0.25, -0.2) is 8.78 Å². The highest BCUT2D eigenvalue weighted by molar-refractivity contribution is 5.69. The van der Waals surface area contributed by atoms with Gasteiger partial charge in [-0.2, -0.15) is 0 Å². The van der Waals surface area contributed by atoms with E-state index in [0.717, 1.165) is 31.0 Å². The van der Waals surface area contributed by atoms with Gasteiger partial charge in [0.2, 0.25) is 0 Å². The number of carbonyl (C=O) groups is 1. The second-order valence-corrected chi connectivity index (χ2v) is 5.22. The Bertz CT molecular complexity index is 433. The van der Waals surface area contributed by atoms with Gasteiger partial charge in [-0.15, -0.1) is 0 Å². The molecule has 0 N–H and O–H groups in total. The van der Waals surface area contributed by atoms with Crippen LogP contribution in [0, 0.1) is 11.6 Å². The topological polar surface area (TPSA) is 26.3 Å². The monoisotopic (exact) mass is 298 g/mol. The van der Waals surface area contributed by atoms with E-state index < -0.39 is 11.6 Å². The van der Waals surface area contributed by atoms with Crippen LogP contribution in [0.5, 0.6) is 0 Å². The Morgan fingerprint density at radius 2 is 1.81 bits per heavy atom. The lowest BCUT2D eigenvalue weighted by molar-refractivity contribution is -0.143. The van der Waals surface area contributed by atoms with Crippen LogP contribution < -0.4 is 0 Å². The van der Waals surface area contributed by atoms with Gasteiger partial charge in [0, 0.05) is 6.42 Å². The SMILES string of the molecule is CCCCCCCCOC(=O)CCc1cc(F)ccc1F. The molecular formula is C17H24F2O2. The maximum atomic E-state index is 13.4. The Morgan fingerprint density at radius 3 is 2.57 bits per heavy atom. The summed E-state index contributed by atoms with van der Waals surface area (Å²) >= 11 is 0. The van der Waals surface area contributed by atoms with E-state index in [4.69, 9.17) is 4.74 Å². The summed E-state index contributed by atoms with van der Waals surface area (Å²) in [5.41, 5.74) is 0.214. The number of carbonyl (C=O) groups excluding carboxylic acids is 1. The van der Waals surface area contributed by atoms with Crippen molar-refractivity contribution in [3.8, 4) is 0 Å². The highest BCUT2D eigenvalue weighted by Crippen LogP contribution is 2.12. The Labute approximate surface area is 125 Å². The molecule has 1 aromatic carbocycles. The van der Waals surface area contributed by atoms with Crippen LogP contribution in [0.25, 0.3) is 0 Å². The molecule has 0 spiro atoms. The Balaban J connectivity index is 2.12. The van der Waals surface area contributed by atoms with Gasteiger partial charge < -0.3 is 4.74 Å². The maximum absolute atomic E-state index is 13.4. The summed E-state index contributed by atoms with van der Waals surface area (Å²) in [6, 6.07) is 3.26. The summed E-state index contributed by atoms with van der Waals surface area (Å²) < 4.78 is 31.4. The fraction of sp³-hybridized carbons (Fsp3) is 0.588. The first-order chi connectivity index (χ1) is 10.1. The molecule has 0 aliphatic carbocycles. The predicted molar refractivity (Wildman–Crippen MR) is 79.0 cm³/mol. The highest BCUT2D eigenvalue weighted by atomic mass is 19.1. The summed E-state index contributed by atoms with van der Waals surface area (Å²) in [6.45, 7) is 2.58. The summed E-state index contributed by atoms with van der Waals surface area (Å²) in [5.74, 6) is -1.33. The van der Waals surface area contributed by atoms with Gasteiger partial charge in [0.25, 0.3) is 0 Å². The Hall–Kier alpha value is -1.45. The Kier molecular flexibility index (Phi) is 8.63. The van der Waals surface area contributed by atoms with Crippen molar-refractivity contribution in [3.63, 3.8) is 0 Å². The van der Waals surface area contributed by atoms with Crippen LogP contribution in [0.4, 0.5) is 8.78 Å². The number of rotatable bonds is 10. The third-order valence-corrected chi connectivity index (χ3v) is 3.37. The lowest BCUT2D eigenvalue weighted by atomic mass is 10.1. The van der Waals surface area contributed by atoms with Crippen LogP contribution >= 0.6 is 0 Å². The number of unbranched alkanes of at least 4 members (excludes halogenated alkanes) is 5. The van der Waals surface area contributed by atoms with Gasteiger partial charge in [0.15, 0.2) is 0 Å². The maximum Gasteiger partial charge on any atom is 0.306 e. The van der Waals surface area contributed by atoms with Crippen LogP contribution in [0.1, 0.15) is 57.4 Å². The normalized spacial score (nSPS) is 10.6. The van der Waals surface area contributed by atoms with Crippen molar-refractivity contribution < 1.29 is 18.3 Å². The van der Waals surface area contributed by atoms with E-state index in [0.29, 0.717) is 6.61 Å². The third kappa shape index (κ3) is 7.78. The third-order valence-electron chi connectivity index (χ3n) is 3.37. The molecule has 0 saturated carbocycles. The second-order valence-electron chi connectivity index (χ2n) is 5.22. The molecule has 0 heterocycles. The van der Waals surface area contributed by atoms with E-state index in [-0.39, 0.29) is 24.4 Å². The first-order valence-corrected chi connectivity index (χ1v) is 7.73. The van der Waals surface area contributed by atoms with Gasteiger partial charge in [0.1, 0.15) is 11.6 Å². The standard InChI is InChI=1S/C17H24F2O2/c1-2-3-4-5-6-7-12-21-17(20)11-8-14-13-15(18)9-10-16(14)19/h9-10,13H,2-8,11-12H2,1H3. The van der Waals surface area contributed by atoms with Crippen molar-refractivity contribution in [1.82, 2.24) is 0 Å². The quantitative estimate of drug-likeness (QED) is 0.458. The zero-order chi connectivity index (χ0) is 15.5. The molecule has 1 rings (SSSR count). The Morgan fingerprint density at radius 1 is 1.10 bits per heavy atom. The average Bonchev–Trinajstić information content (AvgIpc) is 2.47. The highest BCUT2D eigenvalue weighted by Gasteiger charge is 2.08. The molecule has 0 aliphatic heterocycles. The van der Waals surface area contributed by atoms with E-state index in [9.17, 15) is 13.6 Å². The minimum Gasteiger partial charge on any atom is -0.466 e. The number of ether oxygens (including phenoxy) is 1. The minimum atomic E-state index is -0.494. The molecule has 0 unspecified atom stereocenters. The van der Waals surface area contributed by atoms with E-state index in [1.807, 2.05) is 0 Å². The van der Waals surface area contributed by atoms with Crippen molar-refractivity contribution in [3.05, 3.63) is 35.4 Å². The zero-order valence-corrected chi connectivity index (χ0v) is 12.7. The van der Waals surface area contributed by atoms with Gasteiger partial charge >= 0.3 is 5.97 Å². The van der Waals surface area contributed by atoms with Crippen LogP contribution in [0.3, 0.4) is 0 Å². The molecule has 0 aliphatic rings. The molecule has 0 fully saturated rings. The van der Waals surface area contributed by atoms with Crippen LogP contribution in [0.15, 0.2) is 18.2 Å². The van der Waals surface area contributed by atoms with Gasteiger partial charge in [-0.05, 0) is 36.6 Å². The number of hydrogen-bond acceptors (Lipinski definition) is 2. The molecule has 21 heavy (non-hydrogen) atoms. The molecule has 0 amide bonds. The molecule has 0 aromatic heterocycles. The summed E-state index contributed by atoms with van der Waals surface area (Å²) in [4.78, 5) is 11.5. The fourth-order valence-corrected chi connectivity index (χ4v) is 2.11. The van der Waals surface area contributed by atoms with Crippen LogP contribution in [-0.2, 0) is 16.0 Å². The molecule has 0 radical (unpaired) electrons. The molecular weight excluding hydrogens is 274 g/mol. The number of esters is 1. The van der Waals surface area contributed by atoms with E-state index in [2.05, 4.69) is 6.92 Å². The predicted octanol–water partition coefficient (Wildman–Crippen LogP) is 4.80. The summed E-state index contributed by atoms with van der Waals surface area (Å²) in [6.07, 6.45) is 7.03. The summed E-state index contributed by atoms with van der Waals surface area (Å²) in [7, 11) is 0. The van der Waals surface area contributed by atoms with E-state index in [1.165, 1.54) is 25.7 Å². The second kappa shape index (κ2) is 10.3. The lowest BCUT2D eigenvalue weighted by Gasteiger charge is -2.06. The van der Waals surface area contributed by atoms with Gasteiger partial charge in [0.05, 0.1) is 6.61 Å². The number of hydrogen-bond donors (Lipinski definition) is 0. The van der Waals surface area contributed by atoms with Crippen molar-refractivity contribution >= 4 is 5.97 Å². The van der Waals surface area contributed by atoms with Crippen molar-refractivity contribution in [2.45, 2.75) is 58.3 Å². The number of aryl methyl sites for hydroxylation is 1. The first kappa shape index (κ1) is 17.6. The summed E-state index contributed by atoms with van der Waals surface area (Å²) in [5, 5.41) is 0. The largest absolute Gasteiger partial charge is 0.466 e.